The minimum absolute atomic E-state index is 0.248. The third kappa shape index (κ3) is 1.91. The fraction of sp³-hybridized carbons (Fsp3) is 0.231. The summed E-state index contributed by atoms with van der Waals surface area (Å²) in [5.74, 6) is -0.949. The van der Waals surface area contributed by atoms with Crippen LogP contribution in [0.2, 0.25) is 0 Å². The number of hydrogen-bond acceptors (Lipinski definition) is 4. The van der Waals surface area contributed by atoms with Crippen molar-refractivity contribution in [1.29, 1.82) is 0 Å². The summed E-state index contributed by atoms with van der Waals surface area (Å²) in [7, 11) is 0. The van der Waals surface area contributed by atoms with E-state index in [2.05, 4.69) is 10.3 Å². The van der Waals surface area contributed by atoms with Crippen LogP contribution in [-0.4, -0.2) is 27.5 Å². The average Bonchev–Trinajstić information content (AvgIpc) is 2.85. The van der Waals surface area contributed by atoms with Gasteiger partial charge in [-0.1, -0.05) is 0 Å². The Hall–Kier alpha value is -2.50. The van der Waals surface area contributed by atoms with Crippen LogP contribution in [0.1, 0.15) is 34.8 Å². The predicted octanol–water partition coefficient (Wildman–Crippen LogP) is 0.667. The molecule has 1 fully saturated rings. The topological polar surface area (TPSA) is 80.5 Å². The van der Waals surface area contributed by atoms with Gasteiger partial charge in [0.25, 0.3) is 0 Å². The van der Waals surface area contributed by atoms with E-state index >= 15 is 0 Å². The van der Waals surface area contributed by atoms with Gasteiger partial charge in [-0.15, -0.1) is 0 Å². The van der Waals surface area contributed by atoms with Gasteiger partial charge in [-0.25, -0.2) is 4.98 Å². The van der Waals surface area contributed by atoms with Crippen LogP contribution in [-0.2, 0) is 9.59 Å². The molecule has 6 heteroatoms. The standard InChI is InChI=1S/C13H11N3O3/c17-6-10-4-8(3-9-5-14-7-16(9)10)11-1-2-12(18)15-13(11)19/h3-7,11H,1-2H2,(H,15,18,19). The Bertz CT molecular complexity index is 689. The number of rotatable bonds is 2. The maximum Gasteiger partial charge on any atom is 0.234 e. The highest BCUT2D eigenvalue weighted by Gasteiger charge is 2.28. The Morgan fingerprint density at radius 2 is 2.21 bits per heavy atom. The predicted molar refractivity (Wildman–Crippen MR) is 65.7 cm³/mol. The molecule has 1 aliphatic heterocycles. The van der Waals surface area contributed by atoms with Crippen molar-refractivity contribution in [3.05, 3.63) is 35.9 Å². The molecular formula is C13H11N3O3. The summed E-state index contributed by atoms with van der Waals surface area (Å²) in [5, 5.41) is 2.32. The maximum atomic E-state index is 11.8. The van der Waals surface area contributed by atoms with Crippen LogP contribution in [0.4, 0.5) is 0 Å². The van der Waals surface area contributed by atoms with Crippen molar-refractivity contribution in [2.45, 2.75) is 18.8 Å². The molecule has 0 aliphatic carbocycles. The SMILES string of the molecule is O=Cc1cc(C2CCC(=O)NC2=O)cc2cncn12. The molecule has 1 saturated heterocycles. The van der Waals surface area contributed by atoms with Crippen molar-refractivity contribution < 1.29 is 14.4 Å². The molecule has 3 rings (SSSR count). The number of nitrogens with zero attached hydrogens (tertiary/aromatic N) is 2. The minimum atomic E-state index is -0.392. The number of pyridine rings is 1. The van der Waals surface area contributed by atoms with Gasteiger partial charge in [-0.2, -0.15) is 0 Å². The Kier molecular flexibility index (Phi) is 2.63. The van der Waals surface area contributed by atoms with Crippen molar-refractivity contribution >= 4 is 23.6 Å². The summed E-state index contributed by atoms with van der Waals surface area (Å²) < 4.78 is 1.66. The third-order valence-corrected chi connectivity index (χ3v) is 3.34. The summed E-state index contributed by atoms with van der Waals surface area (Å²) in [6.07, 6.45) is 4.68. The summed E-state index contributed by atoms with van der Waals surface area (Å²) in [5.41, 5.74) is 1.93. The molecule has 0 bridgehead atoms. The zero-order valence-electron chi connectivity index (χ0n) is 10.00. The highest BCUT2D eigenvalue weighted by molar-refractivity contribution is 6.01. The molecule has 2 aromatic rings. The first-order valence-corrected chi connectivity index (χ1v) is 5.94. The molecule has 2 aromatic heterocycles. The second kappa shape index (κ2) is 4.31. The van der Waals surface area contributed by atoms with Gasteiger partial charge in [0.2, 0.25) is 11.8 Å². The van der Waals surface area contributed by atoms with E-state index in [9.17, 15) is 14.4 Å². The van der Waals surface area contributed by atoms with E-state index < -0.39 is 5.92 Å². The lowest BCUT2D eigenvalue weighted by Gasteiger charge is -2.21. The van der Waals surface area contributed by atoms with Crippen molar-refractivity contribution in [3.63, 3.8) is 0 Å². The Balaban J connectivity index is 2.07. The minimum Gasteiger partial charge on any atom is -0.296 e. The average molecular weight is 257 g/mol. The Morgan fingerprint density at radius 1 is 1.37 bits per heavy atom. The first-order valence-electron chi connectivity index (χ1n) is 5.94. The van der Waals surface area contributed by atoms with E-state index in [1.807, 2.05) is 6.07 Å². The zero-order chi connectivity index (χ0) is 13.4. The van der Waals surface area contributed by atoms with E-state index in [-0.39, 0.29) is 11.8 Å². The lowest BCUT2D eigenvalue weighted by molar-refractivity contribution is -0.134. The van der Waals surface area contributed by atoms with Gasteiger partial charge >= 0.3 is 0 Å². The summed E-state index contributed by atoms with van der Waals surface area (Å²) in [6, 6.07) is 3.49. The fourth-order valence-corrected chi connectivity index (χ4v) is 2.38. The smallest absolute Gasteiger partial charge is 0.234 e. The van der Waals surface area contributed by atoms with Gasteiger partial charge in [0, 0.05) is 6.42 Å². The lowest BCUT2D eigenvalue weighted by atomic mass is 9.90. The van der Waals surface area contributed by atoms with E-state index in [0.717, 1.165) is 17.4 Å². The molecule has 0 spiro atoms. The molecule has 1 aliphatic rings. The number of hydrogen-bond donors (Lipinski definition) is 1. The first kappa shape index (κ1) is 11.6. The second-order valence-corrected chi connectivity index (χ2v) is 4.52. The van der Waals surface area contributed by atoms with E-state index in [0.29, 0.717) is 18.5 Å². The highest BCUT2D eigenvalue weighted by Crippen LogP contribution is 2.26. The van der Waals surface area contributed by atoms with Crippen LogP contribution in [0.3, 0.4) is 0 Å². The van der Waals surface area contributed by atoms with Gasteiger partial charge in [-0.05, 0) is 24.1 Å². The first-order chi connectivity index (χ1) is 9.19. The number of amides is 2. The number of fused-ring (bicyclic) bond motifs is 1. The number of carbonyl (C=O) groups is 3. The van der Waals surface area contributed by atoms with Crippen molar-refractivity contribution in [2.24, 2.45) is 0 Å². The second-order valence-electron chi connectivity index (χ2n) is 4.52. The van der Waals surface area contributed by atoms with Crippen LogP contribution >= 0.6 is 0 Å². The van der Waals surface area contributed by atoms with Gasteiger partial charge in [0.05, 0.1) is 29.7 Å². The monoisotopic (exact) mass is 257 g/mol. The molecule has 0 aromatic carbocycles. The van der Waals surface area contributed by atoms with Gasteiger partial charge in [0.1, 0.15) is 0 Å². The molecule has 3 heterocycles. The lowest BCUT2D eigenvalue weighted by Crippen LogP contribution is -2.39. The largest absolute Gasteiger partial charge is 0.296 e. The van der Waals surface area contributed by atoms with Crippen LogP contribution in [0.5, 0.6) is 0 Å². The Labute approximate surface area is 108 Å². The van der Waals surface area contributed by atoms with Gasteiger partial charge in [0.15, 0.2) is 6.29 Å². The number of imide groups is 1. The van der Waals surface area contributed by atoms with E-state index in [4.69, 9.17) is 0 Å². The summed E-state index contributed by atoms with van der Waals surface area (Å²) in [6.45, 7) is 0. The molecule has 96 valence electrons. The molecule has 1 unspecified atom stereocenters. The summed E-state index contributed by atoms with van der Waals surface area (Å²) >= 11 is 0. The zero-order valence-corrected chi connectivity index (χ0v) is 10.00. The number of nitrogens with one attached hydrogen (secondary N) is 1. The number of aldehydes is 1. The number of imidazole rings is 1. The Morgan fingerprint density at radius 3 is 2.95 bits per heavy atom. The number of aromatic nitrogens is 2. The van der Waals surface area contributed by atoms with Crippen molar-refractivity contribution in [2.75, 3.05) is 0 Å². The van der Waals surface area contributed by atoms with Gasteiger partial charge < -0.3 is 0 Å². The third-order valence-electron chi connectivity index (χ3n) is 3.34. The number of carbonyl (C=O) groups excluding carboxylic acids is 3. The molecule has 6 nitrogen and oxygen atoms in total. The van der Waals surface area contributed by atoms with Gasteiger partial charge in [-0.3, -0.25) is 24.1 Å². The summed E-state index contributed by atoms with van der Waals surface area (Å²) in [4.78, 5) is 38.0. The molecule has 0 saturated carbocycles. The molecule has 1 atom stereocenters. The van der Waals surface area contributed by atoms with Crippen LogP contribution < -0.4 is 5.32 Å². The fourth-order valence-electron chi connectivity index (χ4n) is 2.38. The maximum absolute atomic E-state index is 11.8. The molecular weight excluding hydrogens is 246 g/mol. The van der Waals surface area contributed by atoms with Crippen molar-refractivity contribution in [1.82, 2.24) is 14.7 Å². The molecule has 0 radical (unpaired) electrons. The van der Waals surface area contributed by atoms with Crippen LogP contribution in [0, 0.1) is 0 Å². The molecule has 19 heavy (non-hydrogen) atoms. The molecule has 1 N–H and O–H groups in total. The molecule has 2 amide bonds. The highest BCUT2D eigenvalue weighted by atomic mass is 16.2. The quantitative estimate of drug-likeness (QED) is 0.633. The van der Waals surface area contributed by atoms with E-state index in [1.165, 1.54) is 0 Å². The van der Waals surface area contributed by atoms with E-state index in [1.54, 1.807) is 23.0 Å². The van der Waals surface area contributed by atoms with Crippen LogP contribution in [0.15, 0.2) is 24.7 Å². The number of piperidine rings is 1. The normalized spacial score (nSPS) is 19.5. The van der Waals surface area contributed by atoms with Crippen molar-refractivity contribution in [3.8, 4) is 0 Å². The van der Waals surface area contributed by atoms with Crippen LogP contribution in [0.25, 0.3) is 5.52 Å².